The number of fused-ring (bicyclic) bond motifs is 4. The zero-order valence-corrected chi connectivity index (χ0v) is 28.6. The topological polar surface area (TPSA) is 63.6 Å². The Kier molecular flexibility index (Phi) is 7.70. The van der Waals surface area contributed by atoms with Crippen molar-refractivity contribution in [3.8, 4) is 61.9 Å². The number of para-hydroxylation sites is 1. The smallest absolute Gasteiger partial charge is 0.148 e. The molecule has 5 nitrogen and oxygen atoms in total. The molecule has 0 aliphatic rings. The van der Waals surface area contributed by atoms with Crippen LogP contribution in [0.3, 0.4) is 0 Å². The van der Waals surface area contributed by atoms with Gasteiger partial charge in [0.05, 0.1) is 11.3 Å². The van der Waals surface area contributed by atoms with Crippen LogP contribution in [-0.4, -0.2) is 19.5 Å². The second-order valence-corrected chi connectivity index (χ2v) is 12.0. The van der Waals surface area contributed by atoms with Gasteiger partial charge in [-0.25, -0.2) is 0 Å². The largest absolute Gasteiger partial charge is 0.507 e. The first-order chi connectivity index (χ1) is 23.6. The summed E-state index contributed by atoms with van der Waals surface area (Å²) in [6, 6.07) is 50.2. The van der Waals surface area contributed by atoms with Crippen LogP contribution in [0.15, 0.2) is 150 Å². The number of pyridine rings is 2. The van der Waals surface area contributed by atoms with Gasteiger partial charge in [0.1, 0.15) is 22.6 Å². The van der Waals surface area contributed by atoms with Crippen molar-refractivity contribution in [1.29, 1.82) is 0 Å². The number of aryl methyl sites for hydroxylation is 1. The van der Waals surface area contributed by atoms with Crippen LogP contribution < -0.4 is 0 Å². The molecule has 6 heteroatoms. The molecular formula is C43H28N3O2Pt-. The maximum Gasteiger partial charge on any atom is 0.148 e. The summed E-state index contributed by atoms with van der Waals surface area (Å²) in [5.41, 5.74) is 11.9. The maximum atomic E-state index is 11.3. The number of phenolic OH excluding ortho intramolecular Hbond substituents is 1. The second kappa shape index (κ2) is 12.4. The Labute approximate surface area is 297 Å². The zero-order chi connectivity index (χ0) is 32.2. The number of benzene rings is 5. The van der Waals surface area contributed by atoms with E-state index in [2.05, 4.69) is 59.9 Å². The Balaban J connectivity index is 0.00000348. The van der Waals surface area contributed by atoms with Gasteiger partial charge in [0, 0.05) is 55.1 Å². The van der Waals surface area contributed by atoms with Gasteiger partial charge in [-0.15, -0.1) is 24.3 Å². The molecule has 0 radical (unpaired) electrons. The molecule has 0 aliphatic heterocycles. The Morgan fingerprint density at radius 2 is 1.39 bits per heavy atom. The molecule has 9 aromatic rings. The zero-order valence-electron chi connectivity index (χ0n) is 26.4. The van der Waals surface area contributed by atoms with Gasteiger partial charge in [-0.05, 0) is 60.0 Å². The van der Waals surface area contributed by atoms with Gasteiger partial charge in [-0.2, -0.15) is 0 Å². The fourth-order valence-corrected chi connectivity index (χ4v) is 6.63. The summed E-state index contributed by atoms with van der Waals surface area (Å²) in [7, 11) is 0. The summed E-state index contributed by atoms with van der Waals surface area (Å²) in [5, 5.41) is 13.3. The second-order valence-electron chi connectivity index (χ2n) is 12.0. The number of nitrogens with zero attached hydrogens (tertiary/aromatic N) is 3. The van der Waals surface area contributed by atoms with Crippen LogP contribution in [0.5, 0.6) is 5.75 Å². The standard InChI is InChI=1S/C43H28N3O2.Pt/c1-27-11-9-14-29(23-27)32-25-35(44-36(26-32)40-37(47)21-20-34-33-17-5-6-18-38(33)48-43(34)40)30-15-10-16-31(24-30)41-42(28-12-3-2-4-13-28)46-22-8-7-19-39(46)45-41;/h2-23,25-26,47H,1H3;/q-1;. The third kappa shape index (κ3) is 5.33. The summed E-state index contributed by atoms with van der Waals surface area (Å²) in [4.78, 5) is 10.3. The normalized spacial score (nSPS) is 11.3. The Morgan fingerprint density at radius 1 is 0.633 bits per heavy atom. The van der Waals surface area contributed by atoms with Crippen LogP contribution in [0.4, 0.5) is 0 Å². The molecule has 4 heterocycles. The van der Waals surface area contributed by atoms with Crippen LogP contribution >= 0.6 is 0 Å². The van der Waals surface area contributed by atoms with E-state index in [0.717, 1.165) is 72.5 Å². The molecule has 4 aromatic heterocycles. The number of aromatic nitrogens is 3. The van der Waals surface area contributed by atoms with E-state index in [-0.39, 0.29) is 26.8 Å². The molecule has 49 heavy (non-hydrogen) atoms. The van der Waals surface area contributed by atoms with E-state index >= 15 is 0 Å². The minimum atomic E-state index is 0. The van der Waals surface area contributed by atoms with Gasteiger partial charge in [-0.3, -0.25) is 9.97 Å². The third-order valence-corrected chi connectivity index (χ3v) is 8.86. The Hall–Kier alpha value is -5.77. The van der Waals surface area contributed by atoms with Gasteiger partial charge in [0.25, 0.3) is 0 Å². The third-order valence-electron chi connectivity index (χ3n) is 8.86. The van der Waals surface area contributed by atoms with Crippen LogP contribution in [0, 0.1) is 13.0 Å². The molecular weight excluding hydrogens is 786 g/mol. The van der Waals surface area contributed by atoms with Crippen molar-refractivity contribution >= 4 is 27.6 Å². The van der Waals surface area contributed by atoms with Gasteiger partial charge < -0.3 is 13.9 Å². The number of hydrogen-bond acceptors (Lipinski definition) is 4. The predicted molar refractivity (Wildman–Crippen MR) is 193 cm³/mol. The Morgan fingerprint density at radius 3 is 2.27 bits per heavy atom. The fraction of sp³-hybridized carbons (Fsp3) is 0.0233. The fourth-order valence-electron chi connectivity index (χ4n) is 6.63. The summed E-state index contributed by atoms with van der Waals surface area (Å²) in [6.45, 7) is 2.09. The van der Waals surface area contributed by atoms with E-state index in [0.29, 0.717) is 16.8 Å². The minimum Gasteiger partial charge on any atom is -0.507 e. The van der Waals surface area contributed by atoms with Gasteiger partial charge in [0.2, 0.25) is 0 Å². The summed E-state index contributed by atoms with van der Waals surface area (Å²) >= 11 is 0. The van der Waals surface area contributed by atoms with Crippen molar-refractivity contribution in [2.75, 3.05) is 0 Å². The Bertz CT molecular complexity index is 2660. The molecule has 1 N–H and O–H groups in total. The van der Waals surface area contributed by atoms with Crippen molar-refractivity contribution in [2.45, 2.75) is 6.92 Å². The number of furan rings is 1. The molecule has 0 bridgehead atoms. The van der Waals surface area contributed by atoms with Crippen LogP contribution in [-0.2, 0) is 21.1 Å². The summed E-state index contributed by atoms with van der Waals surface area (Å²) in [6.07, 6.45) is 2.04. The number of hydrogen-bond donors (Lipinski definition) is 1. The molecule has 0 fully saturated rings. The van der Waals surface area contributed by atoms with E-state index < -0.39 is 0 Å². The average molecular weight is 814 g/mol. The average Bonchev–Trinajstić information content (AvgIpc) is 3.71. The predicted octanol–water partition coefficient (Wildman–Crippen LogP) is 10.8. The van der Waals surface area contributed by atoms with Crippen molar-refractivity contribution in [1.82, 2.24) is 14.4 Å². The molecule has 0 saturated heterocycles. The first kappa shape index (κ1) is 30.6. The van der Waals surface area contributed by atoms with Gasteiger partial charge in [-0.1, -0.05) is 102 Å². The van der Waals surface area contributed by atoms with Crippen LogP contribution in [0.2, 0.25) is 0 Å². The maximum absolute atomic E-state index is 11.3. The van der Waals surface area contributed by atoms with E-state index in [4.69, 9.17) is 14.4 Å². The van der Waals surface area contributed by atoms with Crippen molar-refractivity contribution < 1.29 is 30.6 Å². The first-order valence-electron chi connectivity index (χ1n) is 15.9. The number of aromatic hydroxyl groups is 1. The SMILES string of the molecule is Cc1cccc(-c2cc(-c3[c-]c(-c4nc5ccccn5c4-c4ccccc4)ccc3)nc(-c3c(O)ccc4c3oc3ccccc34)c2)c1.[Pt]. The molecule has 0 amide bonds. The molecule has 0 spiro atoms. The van der Waals surface area contributed by atoms with E-state index in [1.54, 1.807) is 6.07 Å². The number of rotatable bonds is 5. The number of phenols is 1. The molecule has 0 aliphatic carbocycles. The van der Waals surface area contributed by atoms with Crippen molar-refractivity contribution in [2.24, 2.45) is 0 Å². The van der Waals surface area contributed by atoms with Gasteiger partial charge >= 0.3 is 0 Å². The van der Waals surface area contributed by atoms with Gasteiger partial charge in [0.15, 0.2) is 0 Å². The molecule has 9 rings (SSSR count). The van der Waals surface area contributed by atoms with E-state index in [9.17, 15) is 5.11 Å². The molecule has 0 atom stereocenters. The van der Waals surface area contributed by atoms with Crippen molar-refractivity contribution in [3.63, 3.8) is 0 Å². The van der Waals surface area contributed by atoms with Crippen molar-refractivity contribution in [3.05, 3.63) is 157 Å². The molecule has 5 aromatic carbocycles. The monoisotopic (exact) mass is 813 g/mol. The summed E-state index contributed by atoms with van der Waals surface area (Å²) in [5.74, 6) is 0.108. The minimum absolute atomic E-state index is 0. The molecule has 238 valence electrons. The quantitative estimate of drug-likeness (QED) is 0.176. The van der Waals surface area contributed by atoms with Crippen LogP contribution in [0.1, 0.15) is 5.56 Å². The summed E-state index contributed by atoms with van der Waals surface area (Å²) < 4.78 is 8.49. The van der Waals surface area contributed by atoms with Crippen LogP contribution in [0.25, 0.3) is 83.7 Å². The first-order valence-corrected chi connectivity index (χ1v) is 15.9. The molecule has 0 saturated carbocycles. The van der Waals surface area contributed by atoms with E-state index in [1.165, 1.54) is 0 Å². The molecule has 0 unspecified atom stereocenters. The number of imidazole rings is 1. The van der Waals surface area contributed by atoms with E-state index in [1.807, 2.05) is 97.2 Å².